The largest absolute Gasteiger partial charge is 0.494 e. The molecule has 2 aromatic carbocycles. The Morgan fingerprint density at radius 1 is 1.03 bits per heavy atom. The summed E-state index contributed by atoms with van der Waals surface area (Å²) in [6.07, 6.45) is 5.97. The van der Waals surface area contributed by atoms with E-state index in [9.17, 15) is 4.79 Å². The molecule has 4 rings (SSSR count). The first-order valence-corrected chi connectivity index (χ1v) is 10.9. The molecule has 5 nitrogen and oxygen atoms in total. The number of carbonyl (C=O) groups excluding carboxylic acids is 1. The third-order valence-electron chi connectivity index (χ3n) is 6.30. The third kappa shape index (κ3) is 5.10. The van der Waals surface area contributed by atoms with Crippen LogP contribution in [0.2, 0.25) is 0 Å². The van der Waals surface area contributed by atoms with Crippen LogP contribution >= 0.6 is 0 Å². The van der Waals surface area contributed by atoms with E-state index in [2.05, 4.69) is 41.0 Å². The van der Waals surface area contributed by atoms with E-state index >= 15 is 0 Å². The molecule has 0 saturated carbocycles. The Kier molecular flexibility index (Phi) is 6.35. The zero-order valence-corrected chi connectivity index (χ0v) is 17.2. The van der Waals surface area contributed by atoms with E-state index in [-0.39, 0.29) is 12.1 Å². The maximum Gasteiger partial charge on any atom is 0.319 e. The molecule has 2 aromatic rings. The Bertz CT molecular complexity index is 780. The molecule has 0 aliphatic carbocycles. The Morgan fingerprint density at radius 2 is 1.72 bits per heavy atom. The molecule has 3 N–H and O–H groups in total. The van der Waals surface area contributed by atoms with Crippen LogP contribution in [0, 0.1) is 0 Å². The molecule has 29 heavy (non-hydrogen) atoms. The van der Waals surface area contributed by atoms with Crippen LogP contribution in [-0.2, 0) is 6.54 Å². The maximum absolute atomic E-state index is 12.5. The summed E-state index contributed by atoms with van der Waals surface area (Å²) in [5, 5.41) is 6.19. The van der Waals surface area contributed by atoms with Gasteiger partial charge in [-0.15, -0.1) is 0 Å². The molecule has 2 fully saturated rings. The monoisotopic (exact) mass is 394 g/mol. The van der Waals surface area contributed by atoms with Crippen LogP contribution in [-0.4, -0.2) is 30.8 Å². The summed E-state index contributed by atoms with van der Waals surface area (Å²) in [4.78, 5) is 14.2. The van der Waals surface area contributed by atoms with Crippen molar-refractivity contribution in [2.75, 3.05) is 11.9 Å². The van der Waals surface area contributed by atoms with Gasteiger partial charge in [0.25, 0.3) is 0 Å². The van der Waals surface area contributed by atoms with Gasteiger partial charge < -0.3 is 20.3 Å². The summed E-state index contributed by atoms with van der Waals surface area (Å²) in [7, 11) is 0. The molecule has 154 valence electrons. The van der Waals surface area contributed by atoms with Crippen molar-refractivity contribution in [3.05, 3.63) is 60.2 Å². The molecule has 2 heterocycles. The minimum Gasteiger partial charge on any atom is -0.494 e. The standard InChI is InChI=1S/C24H31N3O2/c1-2-29-23-13-11-19(12-14-23)25-24(28)26-20-15-21-9-6-10-22(16-20)27(21)17-18-7-4-3-5-8-18/h3-5,7-8,11-14,20-22H,2,6,9-10,15-17H2,1H3,(H2,25,26,28)/p+1/t20?,21-,22+. The normalized spacial score (nSPS) is 25.8. The zero-order valence-electron chi connectivity index (χ0n) is 17.2. The molecule has 4 atom stereocenters. The van der Waals surface area contributed by atoms with Crippen molar-refractivity contribution < 1.29 is 14.4 Å². The Labute approximate surface area is 173 Å². The number of rotatable bonds is 6. The summed E-state index contributed by atoms with van der Waals surface area (Å²) >= 11 is 0. The molecule has 0 radical (unpaired) electrons. The van der Waals surface area contributed by atoms with Gasteiger partial charge in [0.2, 0.25) is 0 Å². The number of ether oxygens (including phenoxy) is 1. The average Bonchev–Trinajstić information content (AvgIpc) is 2.71. The van der Waals surface area contributed by atoms with Crippen LogP contribution in [0.3, 0.4) is 0 Å². The SMILES string of the molecule is CCOc1ccc(NC(=O)NC2C[C@H]3CCC[C@@H](C2)[NH+]3Cc2ccccc2)cc1. The quantitative estimate of drug-likeness (QED) is 0.704. The number of amides is 2. The second kappa shape index (κ2) is 9.31. The number of urea groups is 1. The first-order chi connectivity index (χ1) is 14.2. The molecule has 0 aromatic heterocycles. The third-order valence-corrected chi connectivity index (χ3v) is 6.30. The molecule has 5 heteroatoms. The molecule has 2 aliphatic heterocycles. The van der Waals surface area contributed by atoms with Gasteiger partial charge in [-0.1, -0.05) is 30.3 Å². The van der Waals surface area contributed by atoms with Gasteiger partial charge in [-0.2, -0.15) is 0 Å². The van der Waals surface area contributed by atoms with Crippen molar-refractivity contribution in [3.63, 3.8) is 0 Å². The second-order valence-electron chi connectivity index (χ2n) is 8.29. The van der Waals surface area contributed by atoms with Crippen LogP contribution < -0.4 is 20.3 Å². The highest BCUT2D eigenvalue weighted by Gasteiger charge is 2.42. The predicted octanol–water partition coefficient (Wildman–Crippen LogP) is 3.38. The van der Waals surface area contributed by atoms with Crippen molar-refractivity contribution in [2.24, 2.45) is 0 Å². The number of anilines is 1. The van der Waals surface area contributed by atoms with Gasteiger partial charge >= 0.3 is 6.03 Å². The lowest BCUT2D eigenvalue weighted by Crippen LogP contribution is -3.20. The van der Waals surface area contributed by atoms with Crippen molar-refractivity contribution >= 4 is 11.7 Å². The number of piperidine rings is 2. The van der Waals surface area contributed by atoms with Gasteiger partial charge in [0.1, 0.15) is 12.3 Å². The minimum absolute atomic E-state index is 0.108. The number of hydrogen-bond donors (Lipinski definition) is 3. The fourth-order valence-electron chi connectivity index (χ4n) is 5.03. The van der Waals surface area contributed by atoms with E-state index in [0.29, 0.717) is 18.7 Å². The van der Waals surface area contributed by atoms with Gasteiger partial charge in [-0.25, -0.2) is 4.79 Å². The van der Waals surface area contributed by atoms with E-state index < -0.39 is 0 Å². The zero-order chi connectivity index (χ0) is 20.1. The highest BCUT2D eigenvalue weighted by molar-refractivity contribution is 5.89. The fourth-order valence-corrected chi connectivity index (χ4v) is 5.03. The summed E-state index contributed by atoms with van der Waals surface area (Å²) in [6, 6.07) is 19.8. The van der Waals surface area contributed by atoms with Gasteiger partial charge in [0.05, 0.1) is 18.7 Å². The molecule has 2 unspecified atom stereocenters. The minimum atomic E-state index is -0.108. The predicted molar refractivity (Wildman–Crippen MR) is 115 cm³/mol. The molecule has 2 bridgehead atoms. The van der Waals surface area contributed by atoms with E-state index in [1.54, 1.807) is 4.90 Å². The summed E-state index contributed by atoms with van der Waals surface area (Å²) < 4.78 is 5.45. The number of nitrogens with one attached hydrogen (secondary N) is 3. The maximum atomic E-state index is 12.5. The molecule has 2 aliphatic rings. The Balaban J connectivity index is 1.32. The Morgan fingerprint density at radius 3 is 2.38 bits per heavy atom. The number of carbonyl (C=O) groups is 1. The molecular formula is C24H32N3O2+. The number of quaternary nitrogens is 1. The van der Waals surface area contributed by atoms with Crippen LogP contribution in [0.1, 0.15) is 44.6 Å². The smallest absolute Gasteiger partial charge is 0.319 e. The highest BCUT2D eigenvalue weighted by Crippen LogP contribution is 2.23. The average molecular weight is 395 g/mol. The second-order valence-corrected chi connectivity index (χ2v) is 8.29. The van der Waals surface area contributed by atoms with Crippen LogP contribution in [0.5, 0.6) is 5.75 Å². The lowest BCUT2D eigenvalue weighted by molar-refractivity contribution is -0.973. The van der Waals surface area contributed by atoms with Crippen molar-refractivity contribution in [1.82, 2.24) is 5.32 Å². The van der Waals surface area contributed by atoms with Crippen molar-refractivity contribution in [3.8, 4) is 5.75 Å². The van der Waals surface area contributed by atoms with Crippen LogP contribution in [0.4, 0.5) is 10.5 Å². The fraction of sp³-hybridized carbons (Fsp3) is 0.458. The molecular weight excluding hydrogens is 362 g/mol. The van der Waals surface area contributed by atoms with Crippen LogP contribution in [0.15, 0.2) is 54.6 Å². The highest BCUT2D eigenvalue weighted by atomic mass is 16.5. The van der Waals surface area contributed by atoms with Gasteiger partial charge in [-0.3, -0.25) is 0 Å². The van der Waals surface area contributed by atoms with Crippen molar-refractivity contribution in [1.29, 1.82) is 0 Å². The first-order valence-electron chi connectivity index (χ1n) is 10.9. The Hall–Kier alpha value is -2.53. The first kappa shape index (κ1) is 19.8. The van der Waals surface area contributed by atoms with Crippen LogP contribution in [0.25, 0.3) is 0 Å². The topological polar surface area (TPSA) is 54.8 Å². The summed E-state index contributed by atoms with van der Waals surface area (Å²) in [6.45, 7) is 3.70. The van der Waals surface area contributed by atoms with E-state index in [1.165, 1.54) is 24.8 Å². The van der Waals surface area contributed by atoms with E-state index in [4.69, 9.17) is 4.74 Å². The number of benzene rings is 2. The van der Waals surface area contributed by atoms with E-state index in [1.807, 2.05) is 31.2 Å². The number of fused-ring (bicyclic) bond motifs is 2. The van der Waals surface area contributed by atoms with E-state index in [0.717, 1.165) is 30.8 Å². The summed E-state index contributed by atoms with van der Waals surface area (Å²) in [5.41, 5.74) is 2.21. The lowest BCUT2D eigenvalue weighted by atomic mass is 9.81. The van der Waals surface area contributed by atoms with Crippen molar-refractivity contribution in [2.45, 2.75) is 63.7 Å². The summed E-state index contributed by atoms with van der Waals surface area (Å²) in [5.74, 6) is 0.819. The molecule has 2 amide bonds. The molecule has 2 saturated heterocycles. The van der Waals surface area contributed by atoms with Gasteiger partial charge in [0.15, 0.2) is 0 Å². The van der Waals surface area contributed by atoms with Gasteiger partial charge in [-0.05, 0) is 50.5 Å². The number of hydrogen-bond acceptors (Lipinski definition) is 2. The van der Waals surface area contributed by atoms with Gasteiger partial charge in [0, 0.05) is 30.1 Å². The lowest BCUT2D eigenvalue weighted by Gasteiger charge is -2.46. The molecule has 0 spiro atoms.